The zero-order valence-corrected chi connectivity index (χ0v) is 17.4. The molecule has 1 aliphatic heterocycles. The molecule has 156 valence electrons. The molecule has 1 amide bonds. The van der Waals surface area contributed by atoms with Gasteiger partial charge in [-0.15, -0.1) is 0 Å². The number of pyridine rings is 1. The lowest BCUT2D eigenvalue weighted by Crippen LogP contribution is -2.40. The van der Waals surface area contributed by atoms with Gasteiger partial charge in [-0.3, -0.25) is 14.6 Å². The number of likely N-dealkylation sites (tertiary alicyclic amines) is 1. The van der Waals surface area contributed by atoms with Crippen LogP contribution in [0.1, 0.15) is 49.4 Å². The van der Waals surface area contributed by atoms with Crippen molar-refractivity contribution in [2.24, 2.45) is 0 Å². The van der Waals surface area contributed by atoms with Crippen LogP contribution in [0.2, 0.25) is 5.02 Å². The summed E-state index contributed by atoms with van der Waals surface area (Å²) in [5.74, 6) is -1.14. The van der Waals surface area contributed by atoms with Crippen molar-refractivity contribution in [3.63, 3.8) is 0 Å². The molecule has 2 heterocycles. The van der Waals surface area contributed by atoms with Crippen molar-refractivity contribution in [1.82, 2.24) is 9.88 Å². The molecular weight excluding hydrogens is 404 g/mol. The lowest BCUT2D eigenvalue weighted by Gasteiger charge is -2.35. The Balaban J connectivity index is 1.89. The third-order valence-corrected chi connectivity index (χ3v) is 6.17. The number of aliphatic hydroxyl groups excluding tert-OH is 1. The molecule has 1 aliphatic carbocycles. The number of ketones is 1. The molecule has 0 bridgehead atoms. The first kappa shape index (κ1) is 20.4. The number of halogens is 1. The highest BCUT2D eigenvalue weighted by Gasteiger charge is 2.49. The second kappa shape index (κ2) is 8.48. The van der Waals surface area contributed by atoms with Crippen LogP contribution in [0.15, 0.2) is 48.2 Å². The van der Waals surface area contributed by atoms with Gasteiger partial charge >= 0.3 is 0 Å². The Morgan fingerprint density at radius 2 is 1.93 bits per heavy atom. The van der Waals surface area contributed by atoms with Crippen molar-refractivity contribution in [3.8, 4) is 5.75 Å². The standard InChI is InChI=1S/C23H23ClN2O4/c1-30-15-10-11-17(24)16(13-15)21(27)19-20(18-9-5-6-12-25-18)26(23(29)22(19)28)14-7-3-2-4-8-14/h5-6,9-14,20,27H,2-4,7-8H2,1H3/b21-19+. The van der Waals surface area contributed by atoms with Gasteiger partial charge in [-0.25, -0.2) is 0 Å². The Morgan fingerprint density at radius 3 is 2.60 bits per heavy atom. The molecular formula is C23H23ClN2O4. The number of rotatable bonds is 4. The molecule has 2 fully saturated rings. The lowest BCUT2D eigenvalue weighted by molar-refractivity contribution is -0.141. The Kier molecular flexibility index (Phi) is 5.77. The van der Waals surface area contributed by atoms with Crippen LogP contribution in [0.5, 0.6) is 5.75 Å². The molecule has 6 nitrogen and oxygen atoms in total. The summed E-state index contributed by atoms with van der Waals surface area (Å²) in [5.41, 5.74) is 0.806. The molecule has 30 heavy (non-hydrogen) atoms. The minimum absolute atomic E-state index is 0.0134. The van der Waals surface area contributed by atoms with Crippen LogP contribution < -0.4 is 4.74 Å². The number of amides is 1. The largest absolute Gasteiger partial charge is 0.507 e. The monoisotopic (exact) mass is 426 g/mol. The average molecular weight is 427 g/mol. The fourth-order valence-corrected chi connectivity index (χ4v) is 4.58. The van der Waals surface area contributed by atoms with Crippen LogP contribution in [0.4, 0.5) is 0 Å². The van der Waals surface area contributed by atoms with Gasteiger partial charge in [-0.05, 0) is 43.2 Å². The Hall–Kier alpha value is -2.86. The van der Waals surface area contributed by atoms with E-state index >= 15 is 0 Å². The summed E-state index contributed by atoms with van der Waals surface area (Å²) in [7, 11) is 1.50. The maximum absolute atomic E-state index is 13.1. The quantitative estimate of drug-likeness (QED) is 0.442. The number of hydrogen-bond donors (Lipinski definition) is 1. The van der Waals surface area contributed by atoms with Crippen LogP contribution in [0.3, 0.4) is 0 Å². The van der Waals surface area contributed by atoms with Gasteiger partial charge in [0.05, 0.1) is 23.4 Å². The van der Waals surface area contributed by atoms with E-state index in [0.29, 0.717) is 11.4 Å². The maximum atomic E-state index is 13.1. The molecule has 7 heteroatoms. The third kappa shape index (κ3) is 3.56. The minimum atomic E-state index is -0.753. The van der Waals surface area contributed by atoms with Crippen LogP contribution in [0, 0.1) is 0 Å². The van der Waals surface area contributed by atoms with Crippen molar-refractivity contribution >= 4 is 29.1 Å². The fourth-order valence-electron chi connectivity index (χ4n) is 4.37. The number of nitrogens with zero attached hydrogens (tertiary/aromatic N) is 2. The molecule has 4 rings (SSSR count). The Labute approximate surface area is 180 Å². The van der Waals surface area contributed by atoms with E-state index in [1.807, 2.05) is 6.07 Å². The van der Waals surface area contributed by atoms with Crippen molar-refractivity contribution < 1.29 is 19.4 Å². The van der Waals surface area contributed by atoms with E-state index in [9.17, 15) is 14.7 Å². The molecule has 0 radical (unpaired) electrons. The summed E-state index contributed by atoms with van der Waals surface area (Å²) in [6.45, 7) is 0. The van der Waals surface area contributed by atoms with Gasteiger partial charge in [0.25, 0.3) is 11.7 Å². The van der Waals surface area contributed by atoms with Crippen molar-refractivity contribution in [3.05, 3.63) is 64.4 Å². The predicted molar refractivity (Wildman–Crippen MR) is 113 cm³/mol. The van der Waals surface area contributed by atoms with E-state index in [0.717, 1.165) is 32.1 Å². The number of hydrogen-bond acceptors (Lipinski definition) is 5. The molecule has 1 aromatic heterocycles. The average Bonchev–Trinajstić information content (AvgIpc) is 3.05. The highest BCUT2D eigenvalue weighted by molar-refractivity contribution is 6.47. The third-order valence-electron chi connectivity index (χ3n) is 5.84. The van der Waals surface area contributed by atoms with Gasteiger partial charge in [0.15, 0.2) is 0 Å². The second-order valence-electron chi connectivity index (χ2n) is 7.60. The first-order valence-electron chi connectivity index (χ1n) is 10.1. The maximum Gasteiger partial charge on any atom is 0.295 e. The number of ether oxygens (including phenoxy) is 1. The van der Waals surface area contributed by atoms with Crippen molar-refractivity contribution in [2.75, 3.05) is 7.11 Å². The topological polar surface area (TPSA) is 79.7 Å². The molecule has 1 saturated heterocycles. The highest BCUT2D eigenvalue weighted by Crippen LogP contribution is 2.43. The summed E-state index contributed by atoms with van der Waals surface area (Å²) in [5, 5.41) is 11.4. The van der Waals surface area contributed by atoms with E-state index in [2.05, 4.69) is 4.98 Å². The van der Waals surface area contributed by atoms with Gasteiger partial charge in [-0.2, -0.15) is 0 Å². The van der Waals surface area contributed by atoms with E-state index < -0.39 is 17.7 Å². The fraction of sp³-hybridized carbons (Fsp3) is 0.348. The number of aliphatic hydroxyl groups is 1. The van der Waals surface area contributed by atoms with Gasteiger partial charge in [0, 0.05) is 17.8 Å². The van der Waals surface area contributed by atoms with Crippen LogP contribution >= 0.6 is 11.6 Å². The lowest BCUT2D eigenvalue weighted by atomic mass is 9.92. The van der Waals surface area contributed by atoms with Crippen LogP contribution in [0.25, 0.3) is 5.76 Å². The molecule has 1 unspecified atom stereocenters. The SMILES string of the molecule is COc1ccc(Cl)c(/C(O)=C2\C(=O)C(=O)N(C3CCCCC3)C2c2ccccn2)c1. The van der Waals surface area contributed by atoms with E-state index in [-0.39, 0.29) is 28.0 Å². The molecule has 2 aromatic rings. The molecule has 2 aliphatic rings. The molecule has 1 saturated carbocycles. The molecule has 0 spiro atoms. The van der Waals surface area contributed by atoms with Gasteiger partial charge in [0.2, 0.25) is 0 Å². The summed E-state index contributed by atoms with van der Waals surface area (Å²) < 4.78 is 5.23. The molecule has 1 atom stereocenters. The van der Waals surface area contributed by atoms with Gasteiger partial charge in [-0.1, -0.05) is 36.9 Å². The molecule has 1 N–H and O–H groups in total. The first-order chi connectivity index (χ1) is 14.5. The minimum Gasteiger partial charge on any atom is -0.507 e. The highest BCUT2D eigenvalue weighted by atomic mass is 35.5. The first-order valence-corrected chi connectivity index (χ1v) is 10.5. The van der Waals surface area contributed by atoms with E-state index in [1.54, 1.807) is 41.4 Å². The number of carbonyl (C=O) groups excluding carboxylic acids is 2. The zero-order valence-electron chi connectivity index (χ0n) is 16.7. The number of methoxy groups -OCH3 is 1. The van der Waals surface area contributed by atoms with Gasteiger partial charge in [0.1, 0.15) is 17.6 Å². The summed E-state index contributed by atoms with van der Waals surface area (Å²) >= 11 is 6.31. The van der Waals surface area contributed by atoms with Crippen LogP contribution in [-0.2, 0) is 9.59 Å². The van der Waals surface area contributed by atoms with Crippen LogP contribution in [-0.4, -0.2) is 39.8 Å². The summed E-state index contributed by atoms with van der Waals surface area (Å²) in [6.07, 6.45) is 6.41. The second-order valence-corrected chi connectivity index (χ2v) is 8.01. The number of benzene rings is 1. The normalized spacial score (nSPS) is 21.8. The summed E-state index contributed by atoms with van der Waals surface area (Å²) in [4.78, 5) is 32.2. The van der Waals surface area contributed by atoms with E-state index in [1.165, 1.54) is 7.11 Å². The number of carbonyl (C=O) groups is 2. The van der Waals surface area contributed by atoms with Crippen molar-refractivity contribution in [2.45, 2.75) is 44.2 Å². The Bertz CT molecular complexity index is 1000. The number of aromatic nitrogens is 1. The van der Waals surface area contributed by atoms with Gasteiger partial charge < -0.3 is 14.7 Å². The number of Topliss-reactive ketones (excluding diaryl/α,β-unsaturated/α-hetero) is 1. The van der Waals surface area contributed by atoms with E-state index in [4.69, 9.17) is 16.3 Å². The smallest absolute Gasteiger partial charge is 0.295 e. The Morgan fingerprint density at radius 1 is 1.17 bits per heavy atom. The predicted octanol–water partition coefficient (Wildman–Crippen LogP) is 4.50. The summed E-state index contributed by atoms with van der Waals surface area (Å²) in [6, 6.07) is 9.34. The van der Waals surface area contributed by atoms with Crippen molar-refractivity contribution in [1.29, 1.82) is 0 Å². The molecule has 1 aromatic carbocycles. The zero-order chi connectivity index (χ0) is 21.3.